The number of aromatic nitrogens is 2. The van der Waals surface area contributed by atoms with Crippen LogP contribution in [0.4, 0.5) is 11.6 Å². The summed E-state index contributed by atoms with van der Waals surface area (Å²) in [5.74, 6) is 1.26. The Kier molecular flexibility index (Phi) is 6.37. The fraction of sp³-hybridized carbons (Fsp3) is 0.333. The van der Waals surface area contributed by atoms with Crippen molar-refractivity contribution in [2.75, 3.05) is 44.5 Å². The minimum absolute atomic E-state index is 0.0279. The van der Waals surface area contributed by atoms with Crippen LogP contribution < -0.4 is 19.5 Å². The molecule has 10 heteroatoms. The predicted octanol–water partition coefficient (Wildman–Crippen LogP) is 1.35. The van der Waals surface area contributed by atoms with Gasteiger partial charge in [0.25, 0.3) is 10.0 Å². The molecule has 0 aliphatic heterocycles. The van der Waals surface area contributed by atoms with Crippen molar-refractivity contribution in [3.63, 3.8) is 0 Å². The van der Waals surface area contributed by atoms with Crippen LogP contribution in [0.5, 0.6) is 11.5 Å². The lowest BCUT2D eigenvalue weighted by molar-refractivity contribution is 0.210. The third kappa shape index (κ3) is 4.94. The van der Waals surface area contributed by atoms with Gasteiger partial charge in [-0.1, -0.05) is 0 Å². The monoisotopic (exact) mass is 368 g/mol. The van der Waals surface area contributed by atoms with Crippen molar-refractivity contribution in [2.45, 2.75) is 4.90 Å². The van der Waals surface area contributed by atoms with Crippen LogP contribution in [0.3, 0.4) is 0 Å². The van der Waals surface area contributed by atoms with Crippen LogP contribution in [0, 0.1) is 0 Å². The summed E-state index contributed by atoms with van der Waals surface area (Å²) in [6, 6.07) is 7.55. The summed E-state index contributed by atoms with van der Waals surface area (Å²) < 4.78 is 42.6. The number of hydrogen-bond donors (Lipinski definition) is 2. The maximum absolute atomic E-state index is 12.5. The van der Waals surface area contributed by atoms with E-state index < -0.39 is 10.0 Å². The van der Waals surface area contributed by atoms with Crippen LogP contribution in [0.2, 0.25) is 0 Å². The van der Waals surface area contributed by atoms with E-state index in [1.165, 1.54) is 38.5 Å². The first-order chi connectivity index (χ1) is 12.0. The average Bonchev–Trinajstić information content (AvgIpc) is 2.62. The average molecular weight is 368 g/mol. The van der Waals surface area contributed by atoms with Crippen molar-refractivity contribution >= 4 is 21.7 Å². The van der Waals surface area contributed by atoms with Gasteiger partial charge in [0.1, 0.15) is 22.2 Å². The zero-order chi connectivity index (χ0) is 18.3. The van der Waals surface area contributed by atoms with Gasteiger partial charge in [-0.2, -0.15) is 0 Å². The number of ether oxygens (including phenoxy) is 3. The molecule has 0 atom stereocenters. The standard InChI is InChI=1S/C15H20N4O5S/c1-22-9-8-16-14-6-7-15(18-17-14)19-25(20,21)13-5-4-11(23-2)10-12(13)24-3/h4-7,10H,8-9H2,1-3H3,(H,16,17)(H,18,19). The van der Waals surface area contributed by atoms with E-state index in [1.54, 1.807) is 13.2 Å². The van der Waals surface area contributed by atoms with Crippen molar-refractivity contribution in [3.8, 4) is 11.5 Å². The number of nitrogens with one attached hydrogen (secondary N) is 2. The molecular weight excluding hydrogens is 348 g/mol. The molecule has 25 heavy (non-hydrogen) atoms. The largest absolute Gasteiger partial charge is 0.497 e. The third-order valence-electron chi connectivity index (χ3n) is 3.18. The van der Waals surface area contributed by atoms with Gasteiger partial charge in [-0.3, -0.25) is 4.72 Å². The Labute approximate surface area is 146 Å². The minimum Gasteiger partial charge on any atom is -0.497 e. The first-order valence-corrected chi connectivity index (χ1v) is 8.80. The van der Waals surface area contributed by atoms with Crippen LogP contribution in [-0.2, 0) is 14.8 Å². The lowest BCUT2D eigenvalue weighted by Crippen LogP contribution is -2.16. The van der Waals surface area contributed by atoms with Gasteiger partial charge in [0.2, 0.25) is 0 Å². The van der Waals surface area contributed by atoms with Gasteiger partial charge in [-0.05, 0) is 24.3 Å². The molecule has 2 N–H and O–H groups in total. The zero-order valence-electron chi connectivity index (χ0n) is 14.1. The van der Waals surface area contributed by atoms with Crippen LogP contribution in [0.15, 0.2) is 35.2 Å². The maximum atomic E-state index is 12.5. The highest BCUT2D eigenvalue weighted by atomic mass is 32.2. The van der Waals surface area contributed by atoms with Gasteiger partial charge < -0.3 is 19.5 Å². The lowest BCUT2D eigenvalue weighted by Gasteiger charge is -2.12. The number of nitrogens with zero attached hydrogens (tertiary/aromatic N) is 2. The summed E-state index contributed by atoms with van der Waals surface area (Å²) in [5.41, 5.74) is 0. The molecule has 136 valence electrons. The quantitative estimate of drug-likeness (QED) is 0.638. The fourth-order valence-corrected chi connectivity index (χ4v) is 3.10. The van der Waals surface area contributed by atoms with Gasteiger partial charge in [0.05, 0.1) is 20.8 Å². The highest BCUT2D eigenvalue weighted by Crippen LogP contribution is 2.29. The Hall–Kier alpha value is -2.59. The molecule has 2 aromatic rings. The predicted molar refractivity (Wildman–Crippen MR) is 92.8 cm³/mol. The highest BCUT2D eigenvalue weighted by molar-refractivity contribution is 7.92. The Bertz CT molecular complexity index is 796. The van der Waals surface area contributed by atoms with Crippen molar-refractivity contribution in [1.82, 2.24) is 10.2 Å². The normalized spacial score (nSPS) is 11.0. The second-order valence-corrected chi connectivity index (χ2v) is 6.50. The summed E-state index contributed by atoms with van der Waals surface area (Å²) >= 11 is 0. The van der Waals surface area contributed by atoms with Crippen LogP contribution in [-0.4, -0.2) is 53.1 Å². The lowest BCUT2D eigenvalue weighted by atomic mass is 10.3. The Morgan fingerprint density at radius 1 is 1.00 bits per heavy atom. The molecule has 1 aromatic carbocycles. The second-order valence-electron chi connectivity index (χ2n) is 4.85. The Morgan fingerprint density at radius 2 is 1.72 bits per heavy atom. The van der Waals surface area contributed by atoms with E-state index in [2.05, 4.69) is 20.2 Å². The fourth-order valence-electron chi connectivity index (χ4n) is 1.95. The molecule has 0 bridgehead atoms. The molecule has 9 nitrogen and oxygen atoms in total. The smallest absolute Gasteiger partial charge is 0.266 e. The number of methoxy groups -OCH3 is 3. The molecular formula is C15H20N4O5S. The van der Waals surface area contributed by atoms with E-state index in [1.807, 2.05) is 0 Å². The summed E-state index contributed by atoms with van der Waals surface area (Å²) in [4.78, 5) is -0.0279. The van der Waals surface area contributed by atoms with Gasteiger partial charge >= 0.3 is 0 Å². The molecule has 0 fully saturated rings. The Morgan fingerprint density at radius 3 is 2.32 bits per heavy atom. The van der Waals surface area contributed by atoms with Crippen LogP contribution >= 0.6 is 0 Å². The number of rotatable bonds is 9. The summed E-state index contributed by atoms with van der Waals surface area (Å²) in [6.45, 7) is 1.09. The van der Waals surface area contributed by atoms with Crippen LogP contribution in [0.25, 0.3) is 0 Å². The second kappa shape index (κ2) is 8.49. The zero-order valence-corrected chi connectivity index (χ0v) is 15.0. The number of benzene rings is 1. The third-order valence-corrected chi connectivity index (χ3v) is 4.57. The summed E-state index contributed by atoms with van der Waals surface area (Å²) in [6.07, 6.45) is 0. The molecule has 0 saturated heterocycles. The molecule has 2 rings (SSSR count). The van der Waals surface area contributed by atoms with E-state index >= 15 is 0 Å². The van der Waals surface area contributed by atoms with Gasteiger partial charge in [-0.25, -0.2) is 8.42 Å². The van der Waals surface area contributed by atoms with Crippen LogP contribution in [0.1, 0.15) is 0 Å². The van der Waals surface area contributed by atoms with E-state index in [9.17, 15) is 8.42 Å². The molecule has 0 spiro atoms. The molecule has 0 saturated carbocycles. The molecule has 0 unspecified atom stereocenters. The van der Waals surface area contributed by atoms with E-state index in [0.29, 0.717) is 24.7 Å². The molecule has 0 radical (unpaired) electrons. The van der Waals surface area contributed by atoms with Crippen molar-refractivity contribution < 1.29 is 22.6 Å². The SMILES string of the molecule is COCCNc1ccc(NS(=O)(=O)c2ccc(OC)cc2OC)nn1. The Balaban J connectivity index is 2.16. The van der Waals surface area contributed by atoms with Crippen molar-refractivity contribution in [2.24, 2.45) is 0 Å². The maximum Gasteiger partial charge on any atom is 0.266 e. The van der Waals surface area contributed by atoms with Crippen molar-refractivity contribution in [1.29, 1.82) is 0 Å². The summed E-state index contributed by atoms with van der Waals surface area (Å²) in [7, 11) is 0.576. The molecule has 1 heterocycles. The number of sulfonamides is 1. The topological polar surface area (TPSA) is 112 Å². The number of hydrogen-bond acceptors (Lipinski definition) is 8. The van der Waals surface area contributed by atoms with Gasteiger partial charge in [0, 0.05) is 19.7 Å². The van der Waals surface area contributed by atoms with E-state index in [-0.39, 0.29) is 16.5 Å². The minimum atomic E-state index is -3.89. The first kappa shape index (κ1) is 18.7. The molecule has 0 aliphatic carbocycles. The van der Waals surface area contributed by atoms with E-state index in [4.69, 9.17) is 14.2 Å². The molecule has 0 aliphatic rings. The summed E-state index contributed by atoms with van der Waals surface area (Å²) in [5, 5.41) is 10.7. The highest BCUT2D eigenvalue weighted by Gasteiger charge is 2.21. The van der Waals surface area contributed by atoms with Gasteiger partial charge in [-0.15, -0.1) is 10.2 Å². The first-order valence-electron chi connectivity index (χ1n) is 7.31. The molecule has 1 aromatic heterocycles. The van der Waals surface area contributed by atoms with Gasteiger partial charge in [0.15, 0.2) is 5.82 Å². The number of anilines is 2. The van der Waals surface area contributed by atoms with E-state index in [0.717, 1.165) is 0 Å². The molecule has 0 amide bonds. The van der Waals surface area contributed by atoms with Crippen molar-refractivity contribution in [3.05, 3.63) is 30.3 Å².